The minimum atomic E-state index is -4.58. The molecule has 0 fully saturated rings. The Morgan fingerprint density at radius 3 is 2.58 bits per heavy atom. The van der Waals surface area contributed by atoms with Crippen molar-refractivity contribution in [2.45, 2.75) is 32.9 Å². The fraction of sp³-hybridized carbons (Fsp3) is 0.444. The van der Waals surface area contributed by atoms with Gasteiger partial charge >= 0.3 is 6.18 Å². The van der Waals surface area contributed by atoms with Gasteiger partial charge in [0.2, 0.25) is 11.8 Å². The molecule has 0 amide bonds. The van der Waals surface area contributed by atoms with E-state index >= 15 is 0 Å². The Morgan fingerprint density at radius 2 is 1.96 bits per heavy atom. The first kappa shape index (κ1) is 19.8. The molecule has 0 unspecified atom stereocenters. The van der Waals surface area contributed by atoms with Crippen LogP contribution in [0.4, 0.5) is 24.8 Å². The number of nitrogens with zero attached hydrogens (tertiary/aromatic N) is 3. The summed E-state index contributed by atoms with van der Waals surface area (Å²) in [5, 5.41) is 0. The van der Waals surface area contributed by atoms with E-state index in [9.17, 15) is 13.2 Å². The second kappa shape index (κ2) is 8.73. The minimum Gasteiger partial charge on any atom is -0.497 e. The van der Waals surface area contributed by atoms with Gasteiger partial charge in [-0.1, -0.05) is 19.4 Å². The molecule has 0 aliphatic heterocycles. The molecule has 0 aliphatic carbocycles. The summed E-state index contributed by atoms with van der Waals surface area (Å²) in [4.78, 5) is 9.65. The van der Waals surface area contributed by atoms with Crippen molar-refractivity contribution in [1.29, 1.82) is 0 Å². The number of methoxy groups -OCH3 is 1. The molecule has 8 heteroatoms. The van der Waals surface area contributed by atoms with Crippen molar-refractivity contribution in [3.05, 3.63) is 36.0 Å². The lowest BCUT2D eigenvalue weighted by molar-refractivity contribution is -0.139. The number of benzene rings is 1. The first-order chi connectivity index (χ1) is 12.4. The van der Waals surface area contributed by atoms with Crippen molar-refractivity contribution < 1.29 is 22.6 Å². The second-order valence-electron chi connectivity index (χ2n) is 5.53. The van der Waals surface area contributed by atoms with Gasteiger partial charge in [0, 0.05) is 24.5 Å². The third-order valence-electron chi connectivity index (χ3n) is 3.71. The average molecular weight is 369 g/mol. The van der Waals surface area contributed by atoms with E-state index < -0.39 is 17.6 Å². The Kier molecular flexibility index (Phi) is 6.65. The number of anilines is 2. The molecule has 0 radical (unpaired) electrons. The van der Waals surface area contributed by atoms with E-state index in [1.165, 1.54) is 0 Å². The van der Waals surface area contributed by atoms with Crippen LogP contribution in [-0.2, 0) is 6.18 Å². The highest BCUT2D eigenvalue weighted by atomic mass is 19.4. The van der Waals surface area contributed by atoms with Crippen LogP contribution in [0, 0.1) is 0 Å². The lowest BCUT2D eigenvalue weighted by atomic mass is 10.2. The van der Waals surface area contributed by atoms with Gasteiger partial charge < -0.3 is 14.4 Å². The van der Waals surface area contributed by atoms with Gasteiger partial charge in [-0.15, -0.1) is 0 Å². The molecular formula is C18H22F3N3O2. The normalized spacial score (nSPS) is 11.3. The number of hydrogen-bond donors (Lipinski definition) is 0. The van der Waals surface area contributed by atoms with Gasteiger partial charge in [0.1, 0.15) is 11.3 Å². The Labute approximate surface area is 150 Å². The SMILES string of the molecule is CCCCOc1nc(N(CC)c2cccc(OC)c2)ncc1C(F)(F)F. The van der Waals surface area contributed by atoms with Gasteiger partial charge in [0.05, 0.1) is 13.7 Å². The predicted molar refractivity (Wildman–Crippen MR) is 93.1 cm³/mol. The van der Waals surface area contributed by atoms with E-state index in [0.29, 0.717) is 24.4 Å². The number of aromatic nitrogens is 2. The van der Waals surface area contributed by atoms with Gasteiger partial charge in [0.15, 0.2) is 0 Å². The maximum absolute atomic E-state index is 13.2. The molecular weight excluding hydrogens is 347 g/mol. The third kappa shape index (κ3) is 4.77. The van der Waals surface area contributed by atoms with Crippen molar-refractivity contribution in [2.75, 3.05) is 25.2 Å². The number of ether oxygens (including phenoxy) is 2. The van der Waals surface area contributed by atoms with Crippen LogP contribution in [0.5, 0.6) is 11.6 Å². The van der Waals surface area contributed by atoms with Crippen molar-refractivity contribution in [1.82, 2.24) is 9.97 Å². The molecule has 1 heterocycles. The average Bonchev–Trinajstić information content (AvgIpc) is 2.62. The molecule has 1 aromatic carbocycles. The van der Waals surface area contributed by atoms with E-state index in [0.717, 1.165) is 12.6 Å². The molecule has 0 saturated heterocycles. The molecule has 0 aliphatic rings. The molecule has 2 rings (SSSR count). The van der Waals surface area contributed by atoms with E-state index in [1.807, 2.05) is 19.9 Å². The molecule has 0 saturated carbocycles. The summed E-state index contributed by atoms with van der Waals surface area (Å²) in [5.74, 6) is 0.324. The first-order valence-corrected chi connectivity index (χ1v) is 8.39. The number of unbranched alkanes of at least 4 members (excludes halogenated alkanes) is 1. The maximum Gasteiger partial charge on any atom is 0.423 e. The Morgan fingerprint density at radius 1 is 1.19 bits per heavy atom. The zero-order valence-corrected chi connectivity index (χ0v) is 15.0. The van der Waals surface area contributed by atoms with Crippen LogP contribution in [0.1, 0.15) is 32.3 Å². The highest BCUT2D eigenvalue weighted by molar-refractivity contribution is 5.59. The molecule has 0 spiro atoms. The van der Waals surface area contributed by atoms with Crippen LogP contribution in [0.25, 0.3) is 0 Å². The maximum atomic E-state index is 13.2. The lowest BCUT2D eigenvalue weighted by Crippen LogP contribution is -2.21. The van der Waals surface area contributed by atoms with Crippen LogP contribution < -0.4 is 14.4 Å². The van der Waals surface area contributed by atoms with Crippen molar-refractivity contribution >= 4 is 11.6 Å². The number of alkyl halides is 3. The molecule has 5 nitrogen and oxygen atoms in total. The summed E-state index contributed by atoms with van der Waals surface area (Å²) in [5.41, 5.74) is -0.259. The fourth-order valence-corrected chi connectivity index (χ4v) is 2.32. The number of halogens is 3. The van der Waals surface area contributed by atoms with Crippen LogP contribution in [0.2, 0.25) is 0 Å². The number of hydrogen-bond acceptors (Lipinski definition) is 5. The zero-order valence-electron chi connectivity index (χ0n) is 15.0. The summed E-state index contributed by atoms with van der Waals surface area (Å²) in [6, 6.07) is 7.15. The molecule has 0 bridgehead atoms. The van der Waals surface area contributed by atoms with E-state index in [4.69, 9.17) is 9.47 Å². The third-order valence-corrected chi connectivity index (χ3v) is 3.71. The van der Waals surface area contributed by atoms with Crippen molar-refractivity contribution in [2.24, 2.45) is 0 Å². The van der Waals surface area contributed by atoms with Gasteiger partial charge in [0.25, 0.3) is 0 Å². The summed E-state index contributed by atoms with van der Waals surface area (Å²) in [6.45, 7) is 4.42. The topological polar surface area (TPSA) is 47.5 Å². The quantitative estimate of drug-likeness (QED) is 0.623. The molecule has 0 N–H and O–H groups in total. The molecule has 26 heavy (non-hydrogen) atoms. The van der Waals surface area contributed by atoms with E-state index in [2.05, 4.69) is 9.97 Å². The summed E-state index contributed by atoms with van der Waals surface area (Å²) < 4.78 is 50.1. The van der Waals surface area contributed by atoms with Crippen LogP contribution in [0.3, 0.4) is 0 Å². The van der Waals surface area contributed by atoms with Crippen molar-refractivity contribution in [3.63, 3.8) is 0 Å². The largest absolute Gasteiger partial charge is 0.497 e. The highest BCUT2D eigenvalue weighted by Crippen LogP contribution is 2.36. The molecule has 2 aromatic rings. The van der Waals surface area contributed by atoms with Crippen LogP contribution in [0.15, 0.2) is 30.5 Å². The van der Waals surface area contributed by atoms with E-state index in [-0.39, 0.29) is 12.6 Å². The zero-order chi connectivity index (χ0) is 19.2. The summed E-state index contributed by atoms with van der Waals surface area (Å²) in [7, 11) is 1.55. The van der Waals surface area contributed by atoms with Gasteiger partial charge in [-0.2, -0.15) is 18.2 Å². The first-order valence-electron chi connectivity index (χ1n) is 8.39. The summed E-state index contributed by atoms with van der Waals surface area (Å²) >= 11 is 0. The highest BCUT2D eigenvalue weighted by Gasteiger charge is 2.36. The Hall–Kier alpha value is -2.51. The van der Waals surface area contributed by atoms with Gasteiger partial charge in [-0.25, -0.2) is 4.98 Å². The Bertz CT molecular complexity index is 723. The number of rotatable bonds is 8. The van der Waals surface area contributed by atoms with Crippen LogP contribution >= 0.6 is 0 Å². The smallest absolute Gasteiger partial charge is 0.423 e. The fourth-order valence-electron chi connectivity index (χ4n) is 2.32. The van der Waals surface area contributed by atoms with E-state index in [1.54, 1.807) is 30.2 Å². The lowest BCUT2D eigenvalue weighted by Gasteiger charge is -2.22. The van der Waals surface area contributed by atoms with Gasteiger partial charge in [-0.3, -0.25) is 0 Å². The van der Waals surface area contributed by atoms with Crippen molar-refractivity contribution in [3.8, 4) is 11.6 Å². The second-order valence-corrected chi connectivity index (χ2v) is 5.53. The summed E-state index contributed by atoms with van der Waals surface area (Å²) in [6.07, 6.45) is -2.35. The molecule has 1 aromatic heterocycles. The minimum absolute atomic E-state index is 0.139. The Balaban J connectivity index is 2.41. The van der Waals surface area contributed by atoms with Gasteiger partial charge in [-0.05, 0) is 25.5 Å². The molecule has 142 valence electrons. The monoisotopic (exact) mass is 369 g/mol. The standard InChI is InChI=1S/C18H22F3N3O2/c1-4-6-10-26-16-15(18(19,20)21)12-22-17(23-16)24(5-2)13-8-7-9-14(11-13)25-3/h7-9,11-12H,4-6,10H2,1-3H3. The van der Waals surface area contributed by atoms with Crippen LogP contribution in [-0.4, -0.2) is 30.2 Å². The predicted octanol–water partition coefficient (Wildman–Crippen LogP) is 4.84. The molecule has 0 atom stereocenters.